The first-order chi connectivity index (χ1) is 6.20. The summed E-state index contributed by atoms with van der Waals surface area (Å²) < 4.78 is 0. The number of aryl methyl sites for hydroxylation is 1. The summed E-state index contributed by atoms with van der Waals surface area (Å²) in [6, 6.07) is 5.51. The summed E-state index contributed by atoms with van der Waals surface area (Å²) in [6.07, 6.45) is 0. The fraction of sp³-hybridized carbons (Fsp3) is 0.111. The highest BCUT2D eigenvalue weighted by Crippen LogP contribution is 2.14. The lowest BCUT2D eigenvalue weighted by atomic mass is 10.1. The number of benzene rings is 1. The minimum Gasteiger partial charge on any atom is -0.306 e. The molecule has 0 saturated heterocycles. The summed E-state index contributed by atoms with van der Waals surface area (Å²) >= 11 is 0. The molecular formula is C9H7N3O. The molecule has 2 rings (SSSR count). The molecule has 2 aromatic rings. The molecule has 0 spiro atoms. The smallest absolute Gasteiger partial charge is 0.306 e. The van der Waals surface area contributed by atoms with E-state index in [0.29, 0.717) is 11.1 Å². The van der Waals surface area contributed by atoms with Crippen LogP contribution in [0.3, 0.4) is 0 Å². The van der Waals surface area contributed by atoms with E-state index < -0.39 is 0 Å². The third-order valence-corrected chi connectivity index (χ3v) is 1.98. The van der Waals surface area contributed by atoms with Crippen LogP contribution >= 0.6 is 0 Å². The van der Waals surface area contributed by atoms with E-state index in [2.05, 4.69) is 16.0 Å². The molecular weight excluding hydrogens is 166 g/mol. The van der Waals surface area contributed by atoms with Crippen molar-refractivity contribution in [2.75, 3.05) is 0 Å². The highest BCUT2D eigenvalue weighted by molar-refractivity contribution is 5.77. The predicted molar refractivity (Wildman–Crippen MR) is 48.4 cm³/mol. The molecule has 0 radical (unpaired) electrons. The van der Waals surface area contributed by atoms with Crippen molar-refractivity contribution in [3.8, 4) is 6.07 Å². The summed E-state index contributed by atoms with van der Waals surface area (Å²) in [5, 5.41) is 8.73. The number of rotatable bonds is 0. The lowest BCUT2D eigenvalue weighted by molar-refractivity contribution is 1.21. The molecule has 0 aliphatic carbocycles. The maximum Gasteiger partial charge on any atom is 0.323 e. The molecule has 13 heavy (non-hydrogen) atoms. The van der Waals surface area contributed by atoms with E-state index in [0.717, 1.165) is 11.1 Å². The largest absolute Gasteiger partial charge is 0.323 e. The molecule has 0 atom stereocenters. The van der Waals surface area contributed by atoms with Gasteiger partial charge >= 0.3 is 5.69 Å². The van der Waals surface area contributed by atoms with Crippen LogP contribution in [0.15, 0.2) is 16.9 Å². The van der Waals surface area contributed by atoms with Gasteiger partial charge in [-0.1, -0.05) is 0 Å². The zero-order chi connectivity index (χ0) is 9.42. The third kappa shape index (κ3) is 1.11. The zero-order valence-corrected chi connectivity index (χ0v) is 7.01. The quantitative estimate of drug-likeness (QED) is 0.624. The van der Waals surface area contributed by atoms with Crippen LogP contribution in [0.2, 0.25) is 0 Å². The lowest BCUT2D eigenvalue weighted by Crippen LogP contribution is -1.99. The van der Waals surface area contributed by atoms with Gasteiger partial charge in [0.15, 0.2) is 0 Å². The Morgan fingerprint density at radius 3 is 2.54 bits per heavy atom. The first kappa shape index (κ1) is 7.62. The van der Waals surface area contributed by atoms with Crippen LogP contribution < -0.4 is 5.69 Å². The molecule has 0 aliphatic rings. The van der Waals surface area contributed by atoms with E-state index in [1.54, 1.807) is 12.1 Å². The molecule has 0 unspecified atom stereocenters. The van der Waals surface area contributed by atoms with Crippen molar-refractivity contribution in [1.29, 1.82) is 5.26 Å². The number of H-pyrrole nitrogens is 2. The maximum atomic E-state index is 10.9. The Morgan fingerprint density at radius 2 is 1.92 bits per heavy atom. The molecule has 64 valence electrons. The average Bonchev–Trinajstić information content (AvgIpc) is 2.42. The van der Waals surface area contributed by atoms with Crippen LogP contribution in [0.4, 0.5) is 0 Å². The Kier molecular flexibility index (Phi) is 1.46. The summed E-state index contributed by atoms with van der Waals surface area (Å²) in [7, 11) is 0. The van der Waals surface area contributed by atoms with Crippen LogP contribution in [0.1, 0.15) is 11.1 Å². The number of hydrogen-bond acceptors (Lipinski definition) is 2. The van der Waals surface area contributed by atoms with E-state index >= 15 is 0 Å². The molecule has 1 aromatic carbocycles. The van der Waals surface area contributed by atoms with Crippen molar-refractivity contribution in [3.05, 3.63) is 33.7 Å². The first-order valence-electron chi connectivity index (χ1n) is 3.83. The molecule has 0 bridgehead atoms. The Balaban J connectivity index is 2.90. The molecule has 2 N–H and O–H groups in total. The minimum absolute atomic E-state index is 0.246. The molecule has 0 fully saturated rings. The van der Waals surface area contributed by atoms with E-state index in [9.17, 15) is 4.79 Å². The molecule has 4 heteroatoms. The van der Waals surface area contributed by atoms with E-state index in [4.69, 9.17) is 5.26 Å². The van der Waals surface area contributed by atoms with Gasteiger partial charge in [-0.3, -0.25) is 0 Å². The van der Waals surface area contributed by atoms with Gasteiger partial charge in [-0.25, -0.2) is 4.79 Å². The fourth-order valence-electron chi connectivity index (χ4n) is 1.31. The van der Waals surface area contributed by atoms with Crippen molar-refractivity contribution in [2.45, 2.75) is 6.92 Å². The van der Waals surface area contributed by atoms with Gasteiger partial charge in [-0.05, 0) is 24.6 Å². The number of imidazole rings is 1. The number of nitrogens with one attached hydrogen (secondary N) is 2. The Labute approximate surface area is 73.8 Å². The second-order valence-corrected chi connectivity index (χ2v) is 2.90. The van der Waals surface area contributed by atoms with Gasteiger partial charge in [0, 0.05) is 0 Å². The lowest BCUT2D eigenvalue weighted by Gasteiger charge is -1.95. The number of aromatic amines is 2. The predicted octanol–water partition coefficient (Wildman–Crippen LogP) is 1.04. The Hall–Kier alpha value is -2.02. The summed E-state index contributed by atoms with van der Waals surface area (Å²) in [4.78, 5) is 16.1. The molecule has 4 nitrogen and oxygen atoms in total. The second kappa shape index (κ2) is 2.49. The SMILES string of the molecule is Cc1cc2[nH]c(=O)[nH]c2cc1C#N. The van der Waals surface area contributed by atoms with Crippen LogP contribution in [0.25, 0.3) is 11.0 Å². The normalized spacial score (nSPS) is 10.2. The molecule has 0 saturated carbocycles. The van der Waals surface area contributed by atoms with E-state index in [1.807, 2.05) is 6.92 Å². The fourth-order valence-corrected chi connectivity index (χ4v) is 1.31. The van der Waals surface area contributed by atoms with Gasteiger partial charge < -0.3 is 9.97 Å². The summed E-state index contributed by atoms with van der Waals surface area (Å²) in [5.41, 5.74) is 2.62. The van der Waals surface area contributed by atoms with E-state index in [-0.39, 0.29) is 5.69 Å². The average molecular weight is 173 g/mol. The topological polar surface area (TPSA) is 72.4 Å². The highest BCUT2D eigenvalue weighted by Gasteiger charge is 2.02. The highest BCUT2D eigenvalue weighted by atomic mass is 16.1. The molecule has 1 aromatic heterocycles. The maximum absolute atomic E-state index is 10.9. The number of aromatic nitrogens is 2. The van der Waals surface area contributed by atoms with Crippen molar-refractivity contribution >= 4 is 11.0 Å². The van der Waals surface area contributed by atoms with Gasteiger partial charge in [-0.2, -0.15) is 5.26 Å². The van der Waals surface area contributed by atoms with Crippen LogP contribution in [0.5, 0.6) is 0 Å². The van der Waals surface area contributed by atoms with Crippen molar-refractivity contribution in [1.82, 2.24) is 9.97 Å². The van der Waals surface area contributed by atoms with Gasteiger partial charge in [0.25, 0.3) is 0 Å². The van der Waals surface area contributed by atoms with Gasteiger partial charge in [0.1, 0.15) is 0 Å². The number of nitriles is 1. The van der Waals surface area contributed by atoms with Crippen molar-refractivity contribution < 1.29 is 0 Å². The second-order valence-electron chi connectivity index (χ2n) is 2.90. The van der Waals surface area contributed by atoms with Gasteiger partial charge in [0.05, 0.1) is 22.7 Å². The van der Waals surface area contributed by atoms with Crippen LogP contribution in [0, 0.1) is 18.3 Å². The minimum atomic E-state index is -0.246. The van der Waals surface area contributed by atoms with Crippen LogP contribution in [-0.2, 0) is 0 Å². The van der Waals surface area contributed by atoms with E-state index in [1.165, 1.54) is 0 Å². The number of nitrogens with zero attached hydrogens (tertiary/aromatic N) is 1. The number of hydrogen-bond donors (Lipinski definition) is 2. The number of fused-ring (bicyclic) bond motifs is 1. The first-order valence-corrected chi connectivity index (χ1v) is 3.83. The molecule has 0 aliphatic heterocycles. The van der Waals surface area contributed by atoms with Gasteiger partial charge in [-0.15, -0.1) is 0 Å². The summed E-state index contributed by atoms with van der Waals surface area (Å²) in [6.45, 7) is 1.84. The van der Waals surface area contributed by atoms with Crippen LogP contribution in [-0.4, -0.2) is 9.97 Å². The molecule has 1 heterocycles. The Morgan fingerprint density at radius 1 is 1.31 bits per heavy atom. The van der Waals surface area contributed by atoms with Crippen molar-refractivity contribution in [3.63, 3.8) is 0 Å². The third-order valence-electron chi connectivity index (χ3n) is 1.98. The summed E-state index contributed by atoms with van der Waals surface area (Å²) in [5.74, 6) is 0. The van der Waals surface area contributed by atoms with Crippen molar-refractivity contribution in [2.24, 2.45) is 0 Å². The zero-order valence-electron chi connectivity index (χ0n) is 7.01. The monoisotopic (exact) mass is 173 g/mol. The van der Waals surface area contributed by atoms with Gasteiger partial charge in [0.2, 0.25) is 0 Å². The molecule has 0 amide bonds. The Bertz CT molecular complexity index is 556. The standard InChI is InChI=1S/C9H7N3O/c1-5-2-7-8(3-6(5)4-10)12-9(13)11-7/h2-3H,1H3,(H2,11,12,13).